The molecule has 0 saturated heterocycles. The fraction of sp³-hybridized carbons (Fsp3) is 0.333. The number of nitrogens with one attached hydrogen (secondary N) is 1. The van der Waals surface area contributed by atoms with E-state index in [4.69, 9.17) is 10.2 Å². The van der Waals surface area contributed by atoms with Crippen LogP contribution in [0.25, 0.3) is 0 Å². The van der Waals surface area contributed by atoms with Crippen LogP contribution in [0.3, 0.4) is 0 Å². The Labute approximate surface area is 94.6 Å². The van der Waals surface area contributed by atoms with Crippen molar-refractivity contribution in [1.82, 2.24) is 0 Å². The van der Waals surface area contributed by atoms with Crippen LogP contribution in [0.4, 0.5) is 20.2 Å². The summed E-state index contributed by atoms with van der Waals surface area (Å²) in [6, 6.07) is 1.13. The number of hydrogen-bond donors (Lipinski definition) is 3. The van der Waals surface area contributed by atoms with Crippen LogP contribution in [0.1, 0.15) is 0 Å². The van der Waals surface area contributed by atoms with Gasteiger partial charge in [0, 0.05) is 6.54 Å². The van der Waals surface area contributed by atoms with E-state index >= 15 is 0 Å². The van der Waals surface area contributed by atoms with Crippen molar-refractivity contribution in [2.24, 2.45) is 0 Å². The molecule has 1 atom stereocenters. The number of aliphatic hydroxyl groups is 2. The largest absolute Gasteiger partial charge is 0.394 e. The number of nitro groups is 1. The van der Waals surface area contributed by atoms with Crippen LogP contribution in [-0.2, 0) is 0 Å². The van der Waals surface area contributed by atoms with Crippen molar-refractivity contribution in [3.05, 3.63) is 33.9 Å². The van der Waals surface area contributed by atoms with Gasteiger partial charge in [0.25, 0.3) is 5.69 Å². The van der Waals surface area contributed by atoms with Crippen molar-refractivity contribution in [3.63, 3.8) is 0 Å². The number of aliphatic hydroxyl groups excluding tert-OH is 2. The van der Waals surface area contributed by atoms with Crippen molar-refractivity contribution >= 4 is 11.4 Å². The van der Waals surface area contributed by atoms with E-state index in [0.717, 1.165) is 0 Å². The number of nitro benzene ring substituents is 1. The van der Waals surface area contributed by atoms with E-state index < -0.39 is 40.6 Å². The number of rotatable bonds is 5. The lowest BCUT2D eigenvalue weighted by Crippen LogP contribution is -2.23. The van der Waals surface area contributed by atoms with Crippen molar-refractivity contribution in [3.8, 4) is 0 Å². The molecule has 0 aliphatic carbocycles. The third kappa shape index (κ3) is 3.33. The Kier molecular flexibility index (Phi) is 4.30. The van der Waals surface area contributed by atoms with Crippen molar-refractivity contribution < 1.29 is 23.9 Å². The first-order chi connectivity index (χ1) is 7.95. The predicted octanol–water partition coefficient (Wildman–Crippen LogP) is 0.638. The van der Waals surface area contributed by atoms with Crippen LogP contribution in [0, 0.1) is 21.7 Å². The van der Waals surface area contributed by atoms with Gasteiger partial charge in [-0.2, -0.15) is 0 Å². The van der Waals surface area contributed by atoms with Gasteiger partial charge in [-0.1, -0.05) is 0 Å². The standard InChI is InChI=1S/C9H10F2N2O4/c10-7-1-5(13(16)17)2-8(11)9(7)12-3-6(15)4-14/h1-2,6,12,14-15H,3-4H2/t6-/m1/s1. The van der Waals surface area contributed by atoms with Gasteiger partial charge >= 0.3 is 0 Å². The third-order valence-corrected chi connectivity index (χ3v) is 1.96. The van der Waals surface area contributed by atoms with Crippen molar-refractivity contribution in [2.45, 2.75) is 6.10 Å². The van der Waals surface area contributed by atoms with Gasteiger partial charge < -0.3 is 15.5 Å². The van der Waals surface area contributed by atoms with Gasteiger partial charge in [-0.15, -0.1) is 0 Å². The van der Waals surface area contributed by atoms with Gasteiger partial charge in [0.2, 0.25) is 0 Å². The highest BCUT2D eigenvalue weighted by Gasteiger charge is 2.17. The molecular formula is C9H10F2N2O4. The van der Waals surface area contributed by atoms with Gasteiger partial charge in [0.15, 0.2) is 11.6 Å². The molecule has 8 heteroatoms. The third-order valence-electron chi connectivity index (χ3n) is 1.96. The number of nitrogens with zero attached hydrogens (tertiary/aromatic N) is 1. The van der Waals surface area contributed by atoms with E-state index in [0.29, 0.717) is 12.1 Å². The summed E-state index contributed by atoms with van der Waals surface area (Å²) in [4.78, 5) is 9.39. The summed E-state index contributed by atoms with van der Waals surface area (Å²) in [5.74, 6) is -2.27. The van der Waals surface area contributed by atoms with E-state index in [1.54, 1.807) is 0 Å². The van der Waals surface area contributed by atoms with E-state index in [-0.39, 0.29) is 6.54 Å². The summed E-state index contributed by atoms with van der Waals surface area (Å²) >= 11 is 0. The molecule has 1 rings (SSSR count). The van der Waals surface area contributed by atoms with Crippen LogP contribution in [0.15, 0.2) is 12.1 Å². The average Bonchev–Trinajstić information content (AvgIpc) is 2.27. The molecule has 6 nitrogen and oxygen atoms in total. The second-order valence-corrected chi connectivity index (χ2v) is 3.26. The number of non-ortho nitro benzene ring substituents is 1. The molecular weight excluding hydrogens is 238 g/mol. The topological polar surface area (TPSA) is 95.6 Å². The molecule has 3 N–H and O–H groups in total. The lowest BCUT2D eigenvalue weighted by atomic mass is 10.2. The quantitative estimate of drug-likeness (QED) is 0.525. The highest BCUT2D eigenvalue weighted by Crippen LogP contribution is 2.24. The summed E-state index contributed by atoms with van der Waals surface area (Å²) in [6.07, 6.45) is -1.18. The van der Waals surface area contributed by atoms with Gasteiger partial charge in [-0.25, -0.2) is 8.78 Å². The first kappa shape index (κ1) is 13.3. The fourth-order valence-corrected chi connectivity index (χ4v) is 1.12. The summed E-state index contributed by atoms with van der Waals surface area (Å²) in [5, 5.41) is 30.0. The molecule has 0 amide bonds. The van der Waals surface area contributed by atoms with Crippen molar-refractivity contribution in [2.75, 3.05) is 18.5 Å². The first-order valence-corrected chi connectivity index (χ1v) is 4.62. The van der Waals surface area contributed by atoms with Gasteiger partial charge in [-0.3, -0.25) is 10.1 Å². The summed E-state index contributed by atoms with van der Waals surface area (Å²) < 4.78 is 26.5. The number of hydrogen-bond acceptors (Lipinski definition) is 5. The number of benzene rings is 1. The zero-order valence-electron chi connectivity index (χ0n) is 8.56. The molecule has 0 heterocycles. The maximum absolute atomic E-state index is 13.3. The van der Waals surface area contributed by atoms with Crippen LogP contribution in [0.5, 0.6) is 0 Å². The number of halogens is 2. The maximum Gasteiger partial charge on any atom is 0.275 e. The van der Waals surface area contributed by atoms with Gasteiger partial charge in [-0.05, 0) is 0 Å². The maximum atomic E-state index is 13.3. The lowest BCUT2D eigenvalue weighted by molar-refractivity contribution is -0.385. The Bertz CT molecular complexity index is 404. The van der Waals surface area contributed by atoms with Gasteiger partial charge in [0.05, 0.1) is 29.8 Å². The Hall–Kier alpha value is -1.80. The lowest BCUT2D eigenvalue weighted by Gasteiger charge is -2.11. The smallest absolute Gasteiger partial charge is 0.275 e. The average molecular weight is 248 g/mol. The highest BCUT2D eigenvalue weighted by atomic mass is 19.1. The Morgan fingerprint density at radius 3 is 2.35 bits per heavy atom. The molecule has 94 valence electrons. The zero-order chi connectivity index (χ0) is 13.0. The zero-order valence-corrected chi connectivity index (χ0v) is 8.56. The van der Waals surface area contributed by atoms with E-state index in [1.165, 1.54) is 0 Å². The van der Waals surface area contributed by atoms with Crippen LogP contribution < -0.4 is 5.32 Å². The summed E-state index contributed by atoms with van der Waals surface area (Å²) in [5.41, 5.74) is -1.28. The molecule has 0 unspecified atom stereocenters. The molecule has 0 radical (unpaired) electrons. The summed E-state index contributed by atoms with van der Waals surface area (Å²) in [6.45, 7) is -0.842. The molecule has 0 fully saturated rings. The minimum Gasteiger partial charge on any atom is -0.394 e. The van der Waals surface area contributed by atoms with Crippen molar-refractivity contribution in [1.29, 1.82) is 0 Å². The summed E-state index contributed by atoms with van der Waals surface area (Å²) in [7, 11) is 0. The minimum absolute atomic E-state index is 0.276. The van der Waals surface area contributed by atoms with E-state index in [1.807, 2.05) is 0 Å². The molecule has 1 aromatic carbocycles. The molecule has 0 aliphatic rings. The molecule has 0 saturated carbocycles. The van der Waals surface area contributed by atoms with E-state index in [2.05, 4.69) is 5.32 Å². The Morgan fingerprint density at radius 2 is 1.94 bits per heavy atom. The highest BCUT2D eigenvalue weighted by molar-refractivity contribution is 5.51. The predicted molar refractivity (Wildman–Crippen MR) is 54.6 cm³/mol. The monoisotopic (exact) mass is 248 g/mol. The molecule has 1 aromatic rings. The second kappa shape index (κ2) is 5.51. The van der Waals surface area contributed by atoms with Crippen LogP contribution in [0.2, 0.25) is 0 Å². The number of anilines is 1. The van der Waals surface area contributed by atoms with Crippen LogP contribution in [-0.4, -0.2) is 34.4 Å². The van der Waals surface area contributed by atoms with Gasteiger partial charge in [0.1, 0.15) is 5.69 Å². The molecule has 17 heavy (non-hydrogen) atoms. The SMILES string of the molecule is O=[N+]([O-])c1cc(F)c(NC[C@@H](O)CO)c(F)c1. The van der Waals surface area contributed by atoms with E-state index in [9.17, 15) is 18.9 Å². The van der Waals surface area contributed by atoms with Crippen LogP contribution >= 0.6 is 0 Å². The Morgan fingerprint density at radius 1 is 1.41 bits per heavy atom. The molecule has 0 aromatic heterocycles. The first-order valence-electron chi connectivity index (χ1n) is 4.62. The molecule has 0 spiro atoms. The normalized spacial score (nSPS) is 12.2. The molecule has 0 bridgehead atoms. The molecule has 0 aliphatic heterocycles. The minimum atomic E-state index is -1.18. The Balaban J connectivity index is 2.90. The fourth-order valence-electron chi connectivity index (χ4n) is 1.12. The second-order valence-electron chi connectivity index (χ2n) is 3.26.